The van der Waals surface area contributed by atoms with Crippen LogP contribution < -0.4 is 10.1 Å². The molecule has 0 radical (unpaired) electrons. The van der Waals surface area contributed by atoms with E-state index in [0.29, 0.717) is 18.0 Å². The Labute approximate surface area is 264 Å². The quantitative estimate of drug-likeness (QED) is 0.136. The van der Waals surface area contributed by atoms with Crippen LogP contribution in [0.3, 0.4) is 0 Å². The number of hydrogen-bond donors (Lipinski definition) is 2. The molecular formula is C35H39N3O6S. The van der Waals surface area contributed by atoms with Gasteiger partial charge < -0.3 is 15.2 Å². The molecule has 0 aliphatic heterocycles. The van der Waals surface area contributed by atoms with Crippen LogP contribution in [0.4, 0.5) is 0 Å². The maximum absolute atomic E-state index is 12.7. The number of carboxylic acids is 1. The Hall–Kier alpha value is -4.57. The summed E-state index contributed by atoms with van der Waals surface area (Å²) < 4.78 is 29.9. The predicted molar refractivity (Wildman–Crippen MR) is 174 cm³/mol. The molecule has 0 saturated carbocycles. The van der Waals surface area contributed by atoms with E-state index >= 15 is 0 Å². The van der Waals surface area contributed by atoms with Gasteiger partial charge >= 0.3 is 5.97 Å². The first-order chi connectivity index (χ1) is 21.7. The van der Waals surface area contributed by atoms with Gasteiger partial charge in [-0.15, -0.1) is 0 Å². The second-order valence-corrected chi connectivity index (χ2v) is 13.1. The van der Waals surface area contributed by atoms with Crippen LogP contribution in [-0.2, 0) is 21.1 Å². The Morgan fingerprint density at radius 2 is 1.42 bits per heavy atom. The number of ether oxygens (including phenoxy) is 1. The molecule has 2 N–H and O–H groups in total. The number of unbranched alkanes of at least 4 members (excludes halogenated alkanes) is 4. The third-order valence-corrected chi connectivity index (χ3v) is 9.22. The average Bonchev–Trinajstić information content (AvgIpc) is 3.06. The van der Waals surface area contributed by atoms with Crippen LogP contribution in [0.2, 0.25) is 0 Å². The number of aliphatic carboxylic acids is 1. The van der Waals surface area contributed by atoms with Crippen LogP contribution in [0.1, 0.15) is 61.9 Å². The number of aromatic nitrogens is 2. The number of benzene rings is 3. The fourth-order valence-corrected chi connectivity index (χ4v) is 5.60. The number of nitrogens with zero attached hydrogens (tertiary/aromatic N) is 2. The monoisotopic (exact) mass is 629 g/mol. The van der Waals surface area contributed by atoms with E-state index in [1.165, 1.54) is 56.9 Å². The van der Waals surface area contributed by atoms with Gasteiger partial charge in [0.15, 0.2) is 15.7 Å². The molecule has 236 valence electrons. The topological polar surface area (TPSA) is 136 Å². The van der Waals surface area contributed by atoms with Crippen molar-refractivity contribution < 1.29 is 27.9 Å². The number of carboxylic acid groups (broad SMARTS) is 1. The van der Waals surface area contributed by atoms with Gasteiger partial charge in [-0.25, -0.2) is 23.2 Å². The van der Waals surface area contributed by atoms with Gasteiger partial charge in [-0.3, -0.25) is 4.79 Å². The fourth-order valence-electron chi connectivity index (χ4n) is 4.71. The molecule has 4 rings (SSSR count). The summed E-state index contributed by atoms with van der Waals surface area (Å²) in [6.45, 7) is 4.46. The van der Waals surface area contributed by atoms with Crippen molar-refractivity contribution in [2.75, 3.05) is 12.4 Å². The lowest BCUT2D eigenvalue weighted by Crippen LogP contribution is -2.42. The highest BCUT2D eigenvalue weighted by Gasteiger charge is 2.22. The van der Waals surface area contributed by atoms with Gasteiger partial charge in [0.1, 0.15) is 11.8 Å². The predicted octanol–water partition coefficient (Wildman–Crippen LogP) is 6.38. The van der Waals surface area contributed by atoms with E-state index in [2.05, 4.69) is 22.2 Å². The van der Waals surface area contributed by atoms with E-state index in [4.69, 9.17) is 4.74 Å². The molecule has 0 bridgehead atoms. The first kappa shape index (κ1) is 33.3. The molecule has 3 aromatic carbocycles. The van der Waals surface area contributed by atoms with Crippen molar-refractivity contribution in [3.8, 4) is 28.3 Å². The molecule has 1 aromatic heterocycles. The summed E-state index contributed by atoms with van der Waals surface area (Å²) in [7, 11) is -3.40. The Kier molecular flexibility index (Phi) is 11.8. The highest BCUT2D eigenvalue weighted by molar-refractivity contribution is 7.91. The molecule has 1 heterocycles. The molecule has 0 aliphatic rings. The van der Waals surface area contributed by atoms with Gasteiger partial charge in [0.2, 0.25) is 0 Å². The molecule has 9 nitrogen and oxygen atoms in total. The van der Waals surface area contributed by atoms with Crippen LogP contribution in [0.5, 0.6) is 5.75 Å². The number of sulfone groups is 1. The summed E-state index contributed by atoms with van der Waals surface area (Å²) in [5.41, 5.74) is 3.51. The lowest BCUT2D eigenvalue weighted by atomic mass is 10.0. The van der Waals surface area contributed by atoms with Gasteiger partial charge in [-0.1, -0.05) is 75.9 Å². The van der Waals surface area contributed by atoms with Crippen molar-refractivity contribution in [3.63, 3.8) is 0 Å². The van der Waals surface area contributed by atoms with Crippen LogP contribution >= 0.6 is 0 Å². The van der Waals surface area contributed by atoms with Gasteiger partial charge in [-0.05, 0) is 53.9 Å². The van der Waals surface area contributed by atoms with Crippen molar-refractivity contribution in [2.24, 2.45) is 0 Å². The first-order valence-corrected chi connectivity index (χ1v) is 16.9. The number of carbonyl (C=O) groups excluding carboxylic acids is 1. The van der Waals surface area contributed by atoms with E-state index < -0.39 is 27.8 Å². The van der Waals surface area contributed by atoms with Gasteiger partial charge in [0, 0.05) is 35.5 Å². The van der Waals surface area contributed by atoms with Crippen molar-refractivity contribution in [3.05, 3.63) is 96.3 Å². The maximum Gasteiger partial charge on any atom is 0.326 e. The number of rotatable bonds is 16. The SMILES string of the molecule is CCCCCCCOc1ccc(-c2cnc(-c3ccc(CC(NC(=O)c4ccc(S(=O)(=O)CC)cc4)C(=O)O)cc3)nc2)cc1. The van der Waals surface area contributed by atoms with Crippen LogP contribution in [-0.4, -0.2) is 53.8 Å². The smallest absolute Gasteiger partial charge is 0.326 e. The molecule has 45 heavy (non-hydrogen) atoms. The summed E-state index contributed by atoms with van der Waals surface area (Å²) in [6, 6.07) is 19.3. The van der Waals surface area contributed by atoms with Crippen LogP contribution in [0, 0.1) is 0 Å². The Bertz CT molecular complexity index is 1650. The Morgan fingerprint density at radius 3 is 2.02 bits per heavy atom. The van der Waals surface area contributed by atoms with Gasteiger partial charge in [0.05, 0.1) is 17.3 Å². The standard InChI is InChI=1S/C35H39N3O6S/c1-3-5-6-7-8-21-44-30-17-13-26(14-18-30)29-23-36-33(37-24-29)27-11-9-25(10-12-27)22-32(35(40)41)38-34(39)28-15-19-31(20-16-28)45(42,43)4-2/h9-20,23-24,32H,3-8,21-22H2,1-2H3,(H,38,39)(H,40,41). The molecule has 1 atom stereocenters. The normalized spacial score (nSPS) is 12.0. The van der Waals surface area contributed by atoms with Crippen molar-refractivity contribution in [1.82, 2.24) is 15.3 Å². The van der Waals surface area contributed by atoms with Crippen molar-refractivity contribution in [1.29, 1.82) is 0 Å². The summed E-state index contributed by atoms with van der Waals surface area (Å²) in [4.78, 5) is 33.8. The van der Waals surface area contributed by atoms with Gasteiger partial charge in [0.25, 0.3) is 5.91 Å². The van der Waals surface area contributed by atoms with E-state index in [0.717, 1.165) is 28.9 Å². The molecule has 0 spiro atoms. The Balaban J connectivity index is 1.33. The van der Waals surface area contributed by atoms with Crippen LogP contribution in [0.15, 0.2) is 90.1 Å². The Morgan fingerprint density at radius 1 is 0.800 bits per heavy atom. The lowest BCUT2D eigenvalue weighted by molar-refractivity contribution is -0.139. The molecule has 10 heteroatoms. The zero-order valence-electron chi connectivity index (χ0n) is 25.6. The number of hydrogen-bond acceptors (Lipinski definition) is 7. The fraction of sp³-hybridized carbons (Fsp3) is 0.314. The second kappa shape index (κ2) is 15.9. The number of carbonyl (C=O) groups is 2. The third kappa shape index (κ3) is 9.46. The summed E-state index contributed by atoms with van der Waals surface area (Å²) >= 11 is 0. The highest BCUT2D eigenvalue weighted by Crippen LogP contribution is 2.24. The van der Waals surface area contributed by atoms with Gasteiger partial charge in [-0.2, -0.15) is 0 Å². The minimum Gasteiger partial charge on any atom is -0.494 e. The second-order valence-electron chi connectivity index (χ2n) is 10.8. The molecule has 0 aliphatic carbocycles. The highest BCUT2D eigenvalue weighted by atomic mass is 32.2. The molecule has 0 saturated heterocycles. The van der Waals surface area contributed by atoms with E-state index in [-0.39, 0.29) is 22.6 Å². The lowest BCUT2D eigenvalue weighted by Gasteiger charge is -2.15. The van der Waals surface area contributed by atoms with E-state index in [9.17, 15) is 23.1 Å². The van der Waals surface area contributed by atoms with Crippen molar-refractivity contribution >= 4 is 21.7 Å². The molecular weight excluding hydrogens is 590 g/mol. The van der Waals surface area contributed by atoms with E-state index in [1.54, 1.807) is 24.5 Å². The van der Waals surface area contributed by atoms with E-state index in [1.807, 2.05) is 36.4 Å². The molecule has 1 amide bonds. The van der Waals surface area contributed by atoms with Crippen LogP contribution in [0.25, 0.3) is 22.5 Å². The zero-order chi connectivity index (χ0) is 32.2. The van der Waals surface area contributed by atoms with Crippen molar-refractivity contribution in [2.45, 2.75) is 63.3 Å². The summed E-state index contributed by atoms with van der Waals surface area (Å²) in [5, 5.41) is 12.3. The molecule has 4 aromatic rings. The molecule has 0 fully saturated rings. The minimum atomic E-state index is -3.40. The summed E-state index contributed by atoms with van der Waals surface area (Å²) in [5.74, 6) is -0.466. The third-order valence-electron chi connectivity index (χ3n) is 7.47. The first-order valence-electron chi connectivity index (χ1n) is 15.2. The largest absolute Gasteiger partial charge is 0.494 e. The number of nitrogens with one attached hydrogen (secondary N) is 1. The summed E-state index contributed by atoms with van der Waals surface area (Å²) in [6.07, 6.45) is 9.58. The minimum absolute atomic E-state index is 0.0557. The molecule has 1 unspecified atom stereocenters. The number of amides is 1. The zero-order valence-corrected chi connectivity index (χ0v) is 26.4. The maximum atomic E-state index is 12.7. The average molecular weight is 630 g/mol.